The normalized spacial score (nSPS) is 11.3. The second kappa shape index (κ2) is 9.91. The van der Waals surface area contributed by atoms with E-state index in [0.29, 0.717) is 6.54 Å². The minimum Gasteiger partial charge on any atom is -0.497 e. The van der Waals surface area contributed by atoms with Crippen molar-refractivity contribution < 1.29 is 4.74 Å². The molecule has 0 amide bonds. The second-order valence-electron chi connectivity index (χ2n) is 8.43. The van der Waals surface area contributed by atoms with Crippen LogP contribution in [0.5, 0.6) is 5.75 Å². The van der Waals surface area contributed by atoms with Crippen LogP contribution in [0.2, 0.25) is 0 Å². The van der Waals surface area contributed by atoms with E-state index in [4.69, 9.17) is 11.2 Å². The van der Waals surface area contributed by atoms with Crippen LogP contribution in [0.1, 0.15) is 12.0 Å². The van der Waals surface area contributed by atoms with Crippen LogP contribution in [0.25, 0.3) is 32.9 Å². The summed E-state index contributed by atoms with van der Waals surface area (Å²) in [5.74, 6) is 3.52. The Morgan fingerprint density at radius 3 is 2.31 bits per heavy atom. The Balaban J connectivity index is 1.79. The van der Waals surface area contributed by atoms with Crippen molar-refractivity contribution in [2.24, 2.45) is 0 Å². The number of aryl methyl sites for hydroxylation is 1. The average Bonchev–Trinajstić information content (AvgIpc) is 3.11. The van der Waals surface area contributed by atoms with E-state index in [1.54, 1.807) is 7.11 Å². The maximum absolute atomic E-state index is 5.39. The summed E-state index contributed by atoms with van der Waals surface area (Å²) < 4.78 is 7.78. The predicted molar refractivity (Wildman–Crippen MR) is 135 cm³/mol. The molecule has 0 aliphatic rings. The lowest BCUT2D eigenvalue weighted by Crippen LogP contribution is -2.15. The number of terminal acetylenes is 1. The summed E-state index contributed by atoms with van der Waals surface area (Å²) in [6.45, 7) is 3.41. The molecule has 4 heteroatoms. The van der Waals surface area contributed by atoms with Crippen molar-refractivity contribution in [3.63, 3.8) is 0 Å². The molecule has 1 N–H and O–H groups in total. The van der Waals surface area contributed by atoms with Gasteiger partial charge in [-0.25, -0.2) is 0 Å². The Bertz CT molecular complexity index is 1250. The molecule has 4 rings (SSSR count). The van der Waals surface area contributed by atoms with Crippen molar-refractivity contribution in [2.45, 2.75) is 19.5 Å². The van der Waals surface area contributed by atoms with Crippen LogP contribution in [0.15, 0.2) is 60.7 Å². The molecule has 0 aliphatic carbocycles. The summed E-state index contributed by atoms with van der Waals surface area (Å²) in [4.78, 5) is 2.24. The second-order valence-corrected chi connectivity index (χ2v) is 8.43. The Hall–Kier alpha value is -3.26. The number of aromatic nitrogens is 1. The molecule has 0 bridgehead atoms. The van der Waals surface area contributed by atoms with Gasteiger partial charge in [-0.15, -0.1) is 6.42 Å². The van der Waals surface area contributed by atoms with Gasteiger partial charge in [0.15, 0.2) is 0 Å². The fraction of sp³-hybridized carbons (Fsp3) is 0.286. The van der Waals surface area contributed by atoms with Crippen molar-refractivity contribution >= 4 is 21.8 Å². The van der Waals surface area contributed by atoms with E-state index in [0.717, 1.165) is 31.8 Å². The molecule has 164 valence electrons. The zero-order valence-corrected chi connectivity index (χ0v) is 19.2. The van der Waals surface area contributed by atoms with Gasteiger partial charge in [-0.1, -0.05) is 30.2 Å². The van der Waals surface area contributed by atoms with E-state index in [9.17, 15) is 0 Å². The molecule has 1 heterocycles. The molecule has 3 aromatic carbocycles. The van der Waals surface area contributed by atoms with Gasteiger partial charge in [-0.3, -0.25) is 0 Å². The first kappa shape index (κ1) is 22.0. The highest BCUT2D eigenvalue weighted by atomic mass is 16.5. The molecule has 0 saturated carbocycles. The van der Waals surface area contributed by atoms with Gasteiger partial charge in [-0.2, -0.15) is 0 Å². The van der Waals surface area contributed by atoms with Crippen LogP contribution in [0, 0.1) is 12.3 Å². The van der Waals surface area contributed by atoms with Gasteiger partial charge in [0.25, 0.3) is 0 Å². The maximum Gasteiger partial charge on any atom is 0.118 e. The zero-order chi connectivity index (χ0) is 22.5. The zero-order valence-electron chi connectivity index (χ0n) is 19.2. The van der Waals surface area contributed by atoms with Crippen molar-refractivity contribution in [3.8, 4) is 29.2 Å². The number of fused-ring (bicyclic) bond motifs is 3. The molecular formula is C28H31N3O. The maximum atomic E-state index is 5.39. The minimum absolute atomic E-state index is 0.575. The number of benzene rings is 3. The number of rotatable bonds is 9. The average molecular weight is 426 g/mol. The van der Waals surface area contributed by atoms with E-state index < -0.39 is 0 Å². The Morgan fingerprint density at radius 2 is 1.62 bits per heavy atom. The number of hydrogen-bond acceptors (Lipinski definition) is 3. The van der Waals surface area contributed by atoms with Gasteiger partial charge < -0.3 is 19.5 Å². The Morgan fingerprint density at radius 1 is 0.938 bits per heavy atom. The largest absolute Gasteiger partial charge is 0.497 e. The van der Waals surface area contributed by atoms with Crippen molar-refractivity contribution in [1.82, 2.24) is 14.8 Å². The smallest absolute Gasteiger partial charge is 0.118 e. The lowest BCUT2D eigenvalue weighted by molar-refractivity contribution is 0.389. The third-order valence-corrected chi connectivity index (χ3v) is 5.90. The first-order chi connectivity index (χ1) is 15.6. The van der Waals surface area contributed by atoms with Gasteiger partial charge >= 0.3 is 0 Å². The van der Waals surface area contributed by atoms with Gasteiger partial charge in [0.2, 0.25) is 0 Å². The van der Waals surface area contributed by atoms with Crippen LogP contribution >= 0.6 is 0 Å². The van der Waals surface area contributed by atoms with Gasteiger partial charge in [0.1, 0.15) is 5.75 Å². The molecule has 0 radical (unpaired) electrons. The highest BCUT2D eigenvalue weighted by Crippen LogP contribution is 2.34. The van der Waals surface area contributed by atoms with E-state index >= 15 is 0 Å². The molecule has 0 unspecified atom stereocenters. The fourth-order valence-corrected chi connectivity index (χ4v) is 4.29. The number of methoxy groups -OCH3 is 1. The third-order valence-electron chi connectivity index (χ3n) is 5.90. The van der Waals surface area contributed by atoms with Gasteiger partial charge in [-0.05, 0) is 80.1 Å². The summed E-state index contributed by atoms with van der Waals surface area (Å²) in [6, 6.07) is 21.8. The lowest BCUT2D eigenvalue weighted by Gasteiger charge is -2.12. The van der Waals surface area contributed by atoms with Crippen LogP contribution in [-0.2, 0) is 13.1 Å². The summed E-state index contributed by atoms with van der Waals surface area (Å²) in [6.07, 6.45) is 6.50. The molecule has 1 aromatic heterocycles. The monoisotopic (exact) mass is 425 g/mol. The molecule has 4 aromatic rings. The van der Waals surface area contributed by atoms with E-state index in [1.165, 1.54) is 38.5 Å². The molecular weight excluding hydrogens is 394 g/mol. The van der Waals surface area contributed by atoms with Crippen LogP contribution in [-0.4, -0.2) is 43.8 Å². The van der Waals surface area contributed by atoms with Crippen molar-refractivity contribution in [2.75, 3.05) is 34.3 Å². The SMILES string of the molecule is C#CCNCc1ccc2c(c1)c1cc(-c3ccc(OC)cc3)ccc1n2CCCN(C)C. The fourth-order valence-electron chi connectivity index (χ4n) is 4.29. The topological polar surface area (TPSA) is 29.4 Å². The summed E-state index contributed by atoms with van der Waals surface area (Å²) in [7, 11) is 5.95. The predicted octanol–water partition coefficient (Wildman–Crippen LogP) is 5.14. The summed E-state index contributed by atoms with van der Waals surface area (Å²) in [5.41, 5.74) is 6.21. The quantitative estimate of drug-likeness (QED) is 0.297. The first-order valence-corrected chi connectivity index (χ1v) is 11.1. The van der Waals surface area contributed by atoms with E-state index in [1.807, 2.05) is 12.1 Å². The van der Waals surface area contributed by atoms with Crippen LogP contribution in [0.4, 0.5) is 0 Å². The number of ether oxygens (including phenoxy) is 1. The molecule has 0 fully saturated rings. The summed E-state index contributed by atoms with van der Waals surface area (Å²) in [5, 5.41) is 5.89. The van der Waals surface area contributed by atoms with Crippen molar-refractivity contribution in [1.29, 1.82) is 0 Å². The highest BCUT2D eigenvalue weighted by Gasteiger charge is 2.13. The molecule has 0 saturated heterocycles. The molecule has 0 spiro atoms. The minimum atomic E-state index is 0.575. The van der Waals surface area contributed by atoms with Crippen LogP contribution < -0.4 is 10.1 Å². The third kappa shape index (κ3) is 4.65. The number of nitrogens with zero attached hydrogens (tertiary/aromatic N) is 2. The first-order valence-electron chi connectivity index (χ1n) is 11.1. The highest BCUT2D eigenvalue weighted by molar-refractivity contribution is 6.09. The summed E-state index contributed by atoms with van der Waals surface area (Å²) >= 11 is 0. The number of nitrogens with one attached hydrogen (secondary N) is 1. The molecule has 4 nitrogen and oxygen atoms in total. The van der Waals surface area contributed by atoms with Gasteiger partial charge in [0.05, 0.1) is 13.7 Å². The van der Waals surface area contributed by atoms with E-state index in [-0.39, 0.29) is 0 Å². The molecule has 0 aliphatic heterocycles. The van der Waals surface area contributed by atoms with Crippen LogP contribution in [0.3, 0.4) is 0 Å². The molecule has 32 heavy (non-hydrogen) atoms. The standard InChI is InChI=1S/C28H31N3O/c1-5-15-29-20-21-7-13-27-25(18-21)26-19-23(22-8-11-24(32-4)12-9-22)10-14-28(26)31(27)17-6-16-30(2)3/h1,7-14,18-19,29H,6,15-17,20H2,2-4H3. The van der Waals surface area contributed by atoms with Crippen molar-refractivity contribution in [3.05, 3.63) is 66.2 Å². The number of hydrogen-bond donors (Lipinski definition) is 1. The van der Waals surface area contributed by atoms with E-state index in [2.05, 4.69) is 83.3 Å². The lowest BCUT2D eigenvalue weighted by atomic mass is 10.0. The Kier molecular flexibility index (Phi) is 6.80. The Labute approximate surface area is 190 Å². The molecule has 0 atom stereocenters. The van der Waals surface area contributed by atoms with Gasteiger partial charge in [0, 0.05) is 34.9 Å².